The Balaban J connectivity index is 1.46. The Morgan fingerprint density at radius 2 is 1.86 bits per heavy atom. The van der Waals surface area contributed by atoms with Crippen LogP contribution in [0.5, 0.6) is 11.5 Å². The molecule has 3 rings (SSSR count). The zero-order chi connectivity index (χ0) is 20.8. The van der Waals surface area contributed by atoms with Gasteiger partial charge in [0.2, 0.25) is 11.3 Å². The summed E-state index contributed by atoms with van der Waals surface area (Å²) in [6.45, 7) is 1.85. The number of hydrogen-bond donors (Lipinski definition) is 1. The average Bonchev–Trinajstić information content (AvgIpc) is 2.74. The van der Waals surface area contributed by atoms with E-state index in [4.69, 9.17) is 9.47 Å². The van der Waals surface area contributed by atoms with E-state index in [1.165, 1.54) is 13.2 Å². The first-order valence-corrected chi connectivity index (χ1v) is 9.49. The molecule has 2 aromatic rings. The molecule has 0 fully saturated rings. The summed E-state index contributed by atoms with van der Waals surface area (Å²) in [5.41, 5.74) is 1.08. The highest BCUT2D eigenvalue weighted by Gasteiger charge is 2.24. The fraction of sp³-hybridized carbons (Fsp3) is 0.381. The molecule has 0 spiro atoms. The lowest BCUT2D eigenvalue weighted by atomic mass is 10.1. The molecule has 29 heavy (non-hydrogen) atoms. The second-order valence-corrected chi connectivity index (χ2v) is 6.77. The van der Waals surface area contributed by atoms with Crippen molar-refractivity contribution in [1.29, 1.82) is 0 Å². The number of pyridine rings is 1. The van der Waals surface area contributed by atoms with E-state index in [0.717, 1.165) is 11.3 Å². The highest BCUT2D eigenvalue weighted by molar-refractivity contribution is 5.93. The minimum Gasteiger partial charge on any atom is -0.497 e. The first-order chi connectivity index (χ1) is 14.0. The molecule has 2 amide bonds. The number of nitrogens with one attached hydrogen (secondary N) is 1. The lowest BCUT2D eigenvalue weighted by Crippen LogP contribution is -2.45. The van der Waals surface area contributed by atoms with Crippen LogP contribution in [0.4, 0.5) is 0 Å². The first kappa shape index (κ1) is 20.4. The van der Waals surface area contributed by atoms with E-state index in [0.29, 0.717) is 44.7 Å². The molecule has 0 radical (unpaired) electrons. The first-order valence-electron chi connectivity index (χ1n) is 9.49. The van der Waals surface area contributed by atoms with Crippen molar-refractivity contribution in [2.75, 3.05) is 33.9 Å². The molecule has 1 N–H and O–H groups in total. The van der Waals surface area contributed by atoms with Crippen molar-refractivity contribution in [2.24, 2.45) is 0 Å². The minimum atomic E-state index is -0.319. The van der Waals surface area contributed by atoms with Crippen LogP contribution in [0.2, 0.25) is 0 Å². The highest BCUT2D eigenvalue weighted by Crippen LogP contribution is 2.14. The number of ether oxygens (including phenoxy) is 2. The molecule has 1 aromatic heterocycles. The number of hydrogen-bond acceptors (Lipinski definition) is 5. The molecule has 8 heteroatoms. The van der Waals surface area contributed by atoms with E-state index < -0.39 is 0 Å². The Bertz CT molecular complexity index is 936. The number of amides is 2. The molecule has 0 atom stereocenters. The summed E-state index contributed by atoms with van der Waals surface area (Å²) in [6.07, 6.45) is 2.57. The number of nitrogens with zero attached hydrogens (tertiary/aromatic N) is 2. The Labute approximate surface area is 169 Å². The normalized spacial score (nSPS) is 13.0. The maximum Gasteiger partial charge on any atom is 0.270 e. The van der Waals surface area contributed by atoms with Crippen LogP contribution in [0.3, 0.4) is 0 Å². The van der Waals surface area contributed by atoms with Crippen molar-refractivity contribution >= 4 is 11.8 Å². The molecule has 1 aliphatic heterocycles. The van der Waals surface area contributed by atoms with Crippen LogP contribution in [0.1, 0.15) is 22.5 Å². The molecular formula is C21H25N3O5. The third kappa shape index (κ3) is 4.96. The van der Waals surface area contributed by atoms with Crippen molar-refractivity contribution in [3.8, 4) is 11.5 Å². The molecule has 154 valence electrons. The molecule has 0 aliphatic carbocycles. The van der Waals surface area contributed by atoms with E-state index in [9.17, 15) is 14.4 Å². The average molecular weight is 399 g/mol. The molecule has 0 bridgehead atoms. The topological polar surface area (TPSA) is 89.9 Å². The van der Waals surface area contributed by atoms with Crippen LogP contribution in [0, 0.1) is 0 Å². The lowest BCUT2D eigenvalue weighted by molar-refractivity contribution is -0.121. The molecule has 0 unspecified atom stereocenters. The van der Waals surface area contributed by atoms with Gasteiger partial charge >= 0.3 is 0 Å². The fourth-order valence-corrected chi connectivity index (χ4v) is 3.25. The SMILES string of the molecule is COc1ccc(CCC(=O)NCCN2CCn3cc(OC)c(=O)cc3C2=O)cc1. The largest absolute Gasteiger partial charge is 0.497 e. The van der Waals surface area contributed by atoms with Gasteiger partial charge in [-0.25, -0.2) is 0 Å². The van der Waals surface area contributed by atoms with Crippen LogP contribution in [-0.2, 0) is 17.8 Å². The number of rotatable bonds is 8. The molecule has 0 saturated carbocycles. The second-order valence-electron chi connectivity index (χ2n) is 6.77. The smallest absolute Gasteiger partial charge is 0.270 e. The monoisotopic (exact) mass is 399 g/mol. The molecule has 0 saturated heterocycles. The molecule has 1 aromatic carbocycles. The molecule has 2 heterocycles. The maximum atomic E-state index is 12.6. The van der Waals surface area contributed by atoms with Crippen molar-refractivity contribution in [3.05, 3.63) is 58.0 Å². The third-order valence-corrected chi connectivity index (χ3v) is 4.93. The summed E-state index contributed by atoms with van der Waals surface area (Å²) in [5, 5.41) is 2.85. The van der Waals surface area contributed by atoms with Gasteiger partial charge in [-0.2, -0.15) is 0 Å². The van der Waals surface area contributed by atoms with Gasteiger partial charge in [0.05, 0.1) is 20.4 Å². The fourth-order valence-electron chi connectivity index (χ4n) is 3.25. The number of carbonyl (C=O) groups excluding carboxylic acids is 2. The van der Waals surface area contributed by atoms with Gasteiger partial charge in [0.25, 0.3) is 5.91 Å². The van der Waals surface area contributed by atoms with Crippen LogP contribution in [-0.4, -0.2) is 55.1 Å². The van der Waals surface area contributed by atoms with E-state index in [2.05, 4.69) is 5.32 Å². The third-order valence-electron chi connectivity index (χ3n) is 4.93. The second kappa shape index (κ2) is 9.27. The van der Waals surface area contributed by atoms with E-state index >= 15 is 0 Å². The summed E-state index contributed by atoms with van der Waals surface area (Å²) in [6, 6.07) is 8.92. The van der Waals surface area contributed by atoms with E-state index in [-0.39, 0.29) is 23.0 Å². The molecule has 1 aliphatic rings. The van der Waals surface area contributed by atoms with Gasteiger partial charge in [0.1, 0.15) is 11.4 Å². The summed E-state index contributed by atoms with van der Waals surface area (Å²) >= 11 is 0. The highest BCUT2D eigenvalue weighted by atomic mass is 16.5. The Hall–Kier alpha value is -3.29. The van der Waals surface area contributed by atoms with Gasteiger partial charge < -0.3 is 24.3 Å². The Morgan fingerprint density at radius 3 is 2.55 bits per heavy atom. The number of methoxy groups -OCH3 is 2. The standard InChI is InChI=1S/C21H25N3O5/c1-28-16-6-3-15(4-7-16)5-8-20(26)22-9-10-23-11-12-24-14-19(29-2)18(25)13-17(24)21(23)27/h3-4,6-7,13-14H,5,8-12H2,1-2H3,(H,22,26). The predicted octanol–water partition coefficient (Wildman–Crippen LogP) is 1.07. The predicted molar refractivity (Wildman–Crippen MR) is 107 cm³/mol. The van der Waals surface area contributed by atoms with Gasteiger partial charge in [0, 0.05) is 38.7 Å². The number of fused-ring (bicyclic) bond motifs is 1. The maximum absolute atomic E-state index is 12.6. The van der Waals surface area contributed by atoms with Gasteiger partial charge in [-0.1, -0.05) is 12.1 Å². The number of aromatic nitrogens is 1. The van der Waals surface area contributed by atoms with Crippen LogP contribution in [0.15, 0.2) is 41.3 Å². The van der Waals surface area contributed by atoms with Crippen LogP contribution < -0.4 is 20.2 Å². The summed E-state index contributed by atoms with van der Waals surface area (Å²) in [4.78, 5) is 38.3. The van der Waals surface area contributed by atoms with Crippen LogP contribution in [0.25, 0.3) is 0 Å². The number of benzene rings is 1. The summed E-state index contributed by atoms with van der Waals surface area (Å²) in [5.74, 6) is 0.723. The zero-order valence-electron chi connectivity index (χ0n) is 16.6. The van der Waals surface area contributed by atoms with Gasteiger partial charge in [-0.05, 0) is 24.1 Å². The van der Waals surface area contributed by atoms with E-state index in [1.54, 1.807) is 22.8 Å². The van der Waals surface area contributed by atoms with Crippen molar-refractivity contribution < 1.29 is 19.1 Å². The quantitative estimate of drug-likeness (QED) is 0.717. The number of aryl methyl sites for hydroxylation is 1. The zero-order valence-corrected chi connectivity index (χ0v) is 16.6. The summed E-state index contributed by atoms with van der Waals surface area (Å²) < 4.78 is 11.9. The van der Waals surface area contributed by atoms with Crippen LogP contribution >= 0.6 is 0 Å². The van der Waals surface area contributed by atoms with Crippen molar-refractivity contribution in [2.45, 2.75) is 19.4 Å². The minimum absolute atomic E-state index is 0.0633. The number of carbonyl (C=O) groups is 2. The Morgan fingerprint density at radius 1 is 1.10 bits per heavy atom. The van der Waals surface area contributed by atoms with Gasteiger partial charge in [-0.15, -0.1) is 0 Å². The Kier molecular flexibility index (Phi) is 6.54. The molecule has 8 nitrogen and oxygen atoms in total. The van der Waals surface area contributed by atoms with Gasteiger partial charge in [-0.3, -0.25) is 14.4 Å². The van der Waals surface area contributed by atoms with E-state index in [1.807, 2.05) is 24.3 Å². The summed E-state index contributed by atoms with van der Waals surface area (Å²) in [7, 11) is 3.04. The van der Waals surface area contributed by atoms with Crippen molar-refractivity contribution in [1.82, 2.24) is 14.8 Å². The van der Waals surface area contributed by atoms with Crippen molar-refractivity contribution in [3.63, 3.8) is 0 Å². The molecular weight excluding hydrogens is 374 g/mol. The van der Waals surface area contributed by atoms with Gasteiger partial charge in [0.15, 0.2) is 5.75 Å². The lowest BCUT2D eigenvalue weighted by Gasteiger charge is -2.30.